The van der Waals surface area contributed by atoms with E-state index in [0.717, 1.165) is 11.5 Å². The second kappa shape index (κ2) is 4.59. The molecule has 3 rings (SSSR count). The maximum absolute atomic E-state index is 12.3. The zero-order valence-electron chi connectivity index (χ0n) is 10.6. The number of pyridine rings is 1. The third-order valence-electron chi connectivity index (χ3n) is 3.85. The molecule has 2 aliphatic rings. The Balaban J connectivity index is 1.64. The van der Waals surface area contributed by atoms with Crippen LogP contribution in [0, 0.1) is 17.8 Å². The van der Waals surface area contributed by atoms with Crippen LogP contribution in [0.1, 0.15) is 25.7 Å². The molecule has 0 saturated heterocycles. The Labute approximate surface area is 107 Å². The van der Waals surface area contributed by atoms with Crippen molar-refractivity contribution in [1.82, 2.24) is 4.98 Å². The number of amides is 1. The van der Waals surface area contributed by atoms with Crippen molar-refractivity contribution in [2.24, 2.45) is 17.8 Å². The van der Waals surface area contributed by atoms with Crippen LogP contribution in [0.4, 0.5) is 11.5 Å². The zero-order valence-corrected chi connectivity index (χ0v) is 10.6. The first-order chi connectivity index (χ1) is 8.78. The van der Waals surface area contributed by atoms with Gasteiger partial charge in [0.15, 0.2) is 0 Å². The van der Waals surface area contributed by atoms with E-state index in [1.54, 1.807) is 6.20 Å². The van der Waals surface area contributed by atoms with Crippen molar-refractivity contribution in [3.8, 4) is 0 Å². The number of hydrogen-bond acceptors (Lipinski definition) is 3. The Morgan fingerprint density at radius 1 is 1.28 bits per heavy atom. The van der Waals surface area contributed by atoms with Gasteiger partial charge in [-0.15, -0.1) is 0 Å². The van der Waals surface area contributed by atoms with Gasteiger partial charge in [0.1, 0.15) is 5.82 Å². The molecule has 2 N–H and O–H groups in total. The van der Waals surface area contributed by atoms with Crippen LogP contribution in [0.15, 0.2) is 18.3 Å². The lowest BCUT2D eigenvalue weighted by Crippen LogP contribution is -2.26. The summed E-state index contributed by atoms with van der Waals surface area (Å²) < 4.78 is 0. The molecule has 2 saturated carbocycles. The van der Waals surface area contributed by atoms with Gasteiger partial charge in [-0.25, -0.2) is 4.98 Å². The number of carbonyl (C=O) groups excluding carboxylic acids is 1. The summed E-state index contributed by atoms with van der Waals surface area (Å²) >= 11 is 0. The minimum Gasteiger partial charge on any atom is -0.373 e. The molecule has 1 aromatic rings. The first-order valence-corrected chi connectivity index (χ1v) is 6.72. The summed E-state index contributed by atoms with van der Waals surface area (Å²) in [6.07, 6.45) is 6.62. The molecule has 4 nitrogen and oxygen atoms in total. The number of rotatable bonds is 5. The van der Waals surface area contributed by atoms with Crippen LogP contribution in [0.25, 0.3) is 0 Å². The standard InChI is InChI=1S/C14H19N3O/c1-15-12-7-6-11(8-16-12)17-14(18)13(9-2-3-9)10-4-5-10/h6-10,13H,2-5H2,1H3,(H,15,16)(H,17,18). The first kappa shape index (κ1) is 11.5. The number of carbonyl (C=O) groups is 1. The van der Waals surface area contributed by atoms with Gasteiger partial charge in [-0.1, -0.05) is 0 Å². The van der Waals surface area contributed by atoms with Gasteiger partial charge in [-0.2, -0.15) is 0 Å². The highest BCUT2D eigenvalue weighted by molar-refractivity contribution is 5.93. The van der Waals surface area contributed by atoms with E-state index in [1.165, 1.54) is 25.7 Å². The van der Waals surface area contributed by atoms with E-state index < -0.39 is 0 Å². The van der Waals surface area contributed by atoms with Crippen molar-refractivity contribution < 1.29 is 4.79 Å². The van der Waals surface area contributed by atoms with Gasteiger partial charge in [0.2, 0.25) is 5.91 Å². The second-order valence-electron chi connectivity index (χ2n) is 5.37. The number of hydrogen-bond donors (Lipinski definition) is 2. The summed E-state index contributed by atoms with van der Waals surface area (Å²) in [5.74, 6) is 2.53. The van der Waals surface area contributed by atoms with Crippen LogP contribution in [0.5, 0.6) is 0 Å². The van der Waals surface area contributed by atoms with Crippen LogP contribution >= 0.6 is 0 Å². The molecule has 4 heteroatoms. The van der Waals surface area contributed by atoms with Crippen molar-refractivity contribution in [2.75, 3.05) is 17.7 Å². The summed E-state index contributed by atoms with van der Waals surface area (Å²) in [7, 11) is 1.83. The molecule has 18 heavy (non-hydrogen) atoms. The SMILES string of the molecule is CNc1ccc(NC(=O)C(C2CC2)C2CC2)cn1. The molecule has 1 amide bonds. The molecule has 0 aliphatic heterocycles. The molecule has 1 heterocycles. The number of anilines is 2. The maximum Gasteiger partial charge on any atom is 0.228 e. The van der Waals surface area contributed by atoms with Gasteiger partial charge in [-0.3, -0.25) is 4.79 Å². The molecule has 2 fully saturated rings. The Morgan fingerprint density at radius 3 is 2.39 bits per heavy atom. The molecule has 0 bridgehead atoms. The summed E-state index contributed by atoms with van der Waals surface area (Å²) in [5.41, 5.74) is 0.797. The van der Waals surface area contributed by atoms with Gasteiger partial charge < -0.3 is 10.6 Å². The predicted octanol–water partition coefficient (Wildman–Crippen LogP) is 2.50. The second-order valence-corrected chi connectivity index (χ2v) is 5.37. The fourth-order valence-electron chi connectivity index (χ4n) is 2.57. The third-order valence-corrected chi connectivity index (χ3v) is 3.85. The van der Waals surface area contributed by atoms with Crippen molar-refractivity contribution in [1.29, 1.82) is 0 Å². The first-order valence-electron chi connectivity index (χ1n) is 6.72. The van der Waals surface area contributed by atoms with E-state index in [0.29, 0.717) is 11.8 Å². The van der Waals surface area contributed by atoms with E-state index in [-0.39, 0.29) is 11.8 Å². The normalized spacial score (nSPS) is 18.8. The van der Waals surface area contributed by atoms with Crippen LogP contribution < -0.4 is 10.6 Å². The summed E-state index contributed by atoms with van der Waals surface area (Å²) in [6.45, 7) is 0. The molecule has 0 radical (unpaired) electrons. The lowest BCUT2D eigenvalue weighted by Gasteiger charge is -2.15. The third kappa shape index (κ3) is 2.47. The molecular weight excluding hydrogens is 226 g/mol. The Hall–Kier alpha value is -1.58. The van der Waals surface area contributed by atoms with E-state index in [4.69, 9.17) is 0 Å². The smallest absolute Gasteiger partial charge is 0.228 e. The van der Waals surface area contributed by atoms with Crippen LogP contribution in [-0.2, 0) is 4.79 Å². The lowest BCUT2D eigenvalue weighted by molar-refractivity contribution is -0.121. The average Bonchev–Trinajstić information content (AvgIpc) is 3.24. The van der Waals surface area contributed by atoms with Crippen molar-refractivity contribution in [3.05, 3.63) is 18.3 Å². The molecule has 0 spiro atoms. The Kier molecular flexibility index (Phi) is 2.94. The van der Waals surface area contributed by atoms with Gasteiger partial charge in [-0.05, 0) is 49.7 Å². The van der Waals surface area contributed by atoms with E-state index in [9.17, 15) is 4.79 Å². The highest BCUT2D eigenvalue weighted by Gasteiger charge is 2.45. The number of nitrogens with zero attached hydrogens (tertiary/aromatic N) is 1. The van der Waals surface area contributed by atoms with Crippen LogP contribution in [-0.4, -0.2) is 17.9 Å². The molecule has 96 valence electrons. The van der Waals surface area contributed by atoms with Crippen molar-refractivity contribution in [2.45, 2.75) is 25.7 Å². The van der Waals surface area contributed by atoms with E-state index in [1.807, 2.05) is 19.2 Å². The summed E-state index contributed by atoms with van der Waals surface area (Å²) in [5, 5.41) is 5.97. The van der Waals surface area contributed by atoms with Gasteiger partial charge >= 0.3 is 0 Å². The molecule has 1 aromatic heterocycles. The Morgan fingerprint density at radius 2 is 1.94 bits per heavy atom. The monoisotopic (exact) mass is 245 g/mol. The largest absolute Gasteiger partial charge is 0.373 e. The fourth-order valence-corrected chi connectivity index (χ4v) is 2.57. The van der Waals surface area contributed by atoms with E-state index in [2.05, 4.69) is 15.6 Å². The minimum absolute atomic E-state index is 0.194. The van der Waals surface area contributed by atoms with Crippen molar-refractivity contribution >= 4 is 17.4 Å². The van der Waals surface area contributed by atoms with Crippen molar-refractivity contribution in [3.63, 3.8) is 0 Å². The Bertz CT molecular complexity index is 423. The van der Waals surface area contributed by atoms with Gasteiger partial charge in [0, 0.05) is 13.0 Å². The van der Waals surface area contributed by atoms with Gasteiger partial charge in [0.05, 0.1) is 11.9 Å². The summed E-state index contributed by atoms with van der Waals surface area (Å²) in [4.78, 5) is 16.5. The number of aromatic nitrogens is 1. The maximum atomic E-state index is 12.3. The molecule has 0 unspecified atom stereocenters. The van der Waals surface area contributed by atoms with E-state index >= 15 is 0 Å². The molecule has 0 aromatic carbocycles. The summed E-state index contributed by atoms with van der Waals surface area (Å²) in [6, 6.07) is 3.77. The zero-order chi connectivity index (χ0) is 12.5. The number of nitrogens with one attached hydrogen (secondary N) is 2. The molecular formula is C14H19N3O. The van der Waals surface area contributed by atoms with Crippen LogP contribution in [0.2, 0.25) is 0 Å². The highest BCUT2D eigenvalue weighted by Crippen LogP contribution is 2.49. The highest BCUT2D eigenvalue weighted by atomic mass is 16.1. The van der Waals surface area contributed by atoms with Crippen LogP contribution in [0.3, 0.4) is 0 Å². The predicted molar refractivity (Wildman–Crippen MR) is 71.4 cm³/mol. The molecule has 2 aliphatic carbocycles. The average molecular weight is 245 g/mol. The fraction of sp³-hybridized carbons (Fsp3) is 0.571. The molecule has 0 atom stereocenters. The minimum atomic E-state index is 0.194. The van der Waals surface area contributed by atoms with Gasteiger partial charge in [0.25, 0.3) is 0 Å². The lowest BCUT2D eigenvalue weighted by atomic mass is 9.97. The quantitative estimate of drug-likeness (QED) is 0.838. The topological polar surface area (TPSA) is 54.0 Å².